The number of aryl methyl sites for hydroxylation is 1. The summed E-state index contributed by atoms with van der Waals surface area (Å²) < 4.78 is 0. The van der Waals surface area contributed by atoms with Crippen LogP contribution < -0.4 is 10.6 Å². The van der Waals surface area contributed by atoms with Crippen molar-refractivity contribution in [2.24, 2.45) is 0 Å². The van der Waals surface area contributed by atoms with Gasteiger partial charge in [0.05, 0.1) is 17.8 Å². The molecule has 0 atom stereocenters. The summed E-state index contributed by atoms with van der Waals surface area (Å²) in [4.78, 5) is 19.8. The number of rotatable bonds is 2. The third-order valence-corrected chi connectivity index (χ3v) is 4.34. The zero-order valence-electron chi connectivity index (χ0n) is 14.5. The SMILES string of the molecule is CC(C)c1ccc2c(c1)NC(=O)C2.CCc1cnc2c(n1)NCC2. The zero-order chi connectivity index (χ0) is 17.1. The number of hydrogen-bond donors (Lipinski definition) is 2. The van der Waals surface area contributed by atoms with Crippen LogP contribution in [0.4, 0.5) is 11.5 Å². The molecule has 2 aliphatic heterocycles. The lowest BCUT2D eigenvalue weighted by atomic mass is 10.0. The quantitative estimate of drug-likeness (QED) is 0.889. The van der Waals surface area contributed by atoms with Gasteiger partial charge in [0.15, 0.2) is 0 Å². The van der Waals surface area contributed by atoms with E-state index in [1.807, 2.05) is 12.3 Å². The summed E-state index contributed by atoms with van der Waals surface area (Å²) in [7, 11) is 0. The molecular weight excluding hydrogens is 300 g/mol. The summed E-state index contributed by atoms with van der Waals surface area (Å²) >= 11 is 0. The van der Waals surface area contributed by atoms with Crippen molar-refractivity contribution >= 4 is 17.4 Å². The van der Waals surface area contributed by atoms with Gasteiger partial charge in [-0.1, -0.05) is 32.9 Å². The first kappa shape index (κ1) is 16.4. The fourth-order valence-electron chi connectivity index (χ4n) is 2.84. The second-order valence-electron chi connectivity index (χ2n) is 6.48. The maximum atomic E-state index is 11.1. The molecule has 0 unspecified atom stereocenters. The lowest BCUT2D eigenvalue weighted by Gasteiger charge is -2.06. The van der Waals surface area contributed by atoms with Gasteiger partial charge in [-0.2, -0.15) is 0 Å². The molecule has 1 aromatic heterocycles. The number of nitrogens with one attached hydrogen (secondary N) is 2. The van der Waals surface area contributed by atoms with Gasteiger partial charge in [0.1, 0.15) is 5.82 Å². The Morgan fingerprint density at radius 1 is 1.29 bits per heavy atom. The first-order chi connectivity index (χ1) is 11.6. The van der Waals surface area contributed by atoms with Crippen molar-refractivity contribution in [3.63, 3.8) is 0 Å². The van der Waals surface area contributed by atoms with Gasteiger partial charge < -0.3 is 10.6 Å². The van der Waals surface area contributed by atoms with Crippen molar-refractivity contribution in [3.05, 3.63) is 46.9 Å². The number of carbonyl (C=O) groups excluding carboxylic acids is 1. The second kappa shape index (κ2) is 6.99. The van der Waals surface area contributed by atoms with Crippen LogP contribution in [0.3, 0.4) is 0 Å². The Morgan fingerprint density at radius 3 is 2.88 bits per heavy atom. The van der Waals surface area contributed by atoms with Gasteiger partial charge in [-0.3, -0.25) is 9.78 Å². The Bertz CT molecular complexity index is 755. The van der Waals surface area contributed by atoms with Gasteiger partial charge in [0.25, 0.3) is 0 Å². The highest BCUT2D eigenvalue weighted by molar-refractivity contribution is 5.99. The molecule has 5 heteroatoms. The Balaban J connectivity index is 0.000000143. The van der Waals surface area contributed by atoms with E-state index in [-0.39, 0.29) is 5.91 Å². The molecule has 0 saturated carbocycles. The molecule has 0 aliphatic carbocycles. The smallest absolute Gasteiger partial charge is 0.228 e. The van der Waals surface area contributed by atoms with E-state index in [0.29, 0.717) is 12.3 Å². The van der Waals surface area contributed by atoms with Gasteiger partial charge in [-0.15, -0.1) is 0 Å². The standard InChI is InChI=1S/C11H13NO.C8H11N3/c1-7(2)8-3-4-9-6-11(13)12-10(9)5-8;1-2-6-5-10-7-3-4-9-8(7)11-6/h3-5,7H,6H2,1-2H3,(H,12,13);5H,2-4H2,1H3,(H,9,11). The van der Waals surface area contributed by atoms with E-state index in [2.05, 4.69) is 53.5 Å². The number of nitrogens with zero attached hydrogens (tertiary/aromatic N) is 2. The van der Waals surface area contributed by atoms with E-state index in [1.54, 1.807) is 0 Å². The highest BCUT2D eigenvalue weighted by atomic mass is 16.1. The molecule has 1 amide bonds. The van der Waals surface area contributed by atoms with E-state index < -0.39 is 0 Å². The van der Waals surface area contributed by atoms with Crippen molar-refractivity contribution in [1.29, 1.82) is 0 Å². The van der Waals surface area contributed by atoms with Crippen LogP contribution in [0, 0.1) is 0 Å². The summed E-state index contributed by atoms with van der Waals surface area (Å²) in [5.41, 5.74) is 5.58. The molecule has 0 saturated heterocycles. The molecule has 0 radical (unpaired) electrons. The summed E-state index contributed by atoms with van der Waals surface area (Å²) in [5, 5.41) is 6.05. The fraction of sp³-hybridized carbons (Fsp3) is 0.421. The molecule has 2 aromatic rings. The van der Waals surface area contributed by atoms with Crippen molar-refractivity contribution in [2.45, 2.75) is 46.0 Å². The highest BCUT2D eigenvalue weighted by Crippen LogP contribution is 2.27. The van der Waals surface area contributed by atoms with Crippen LogP contribution in [0.1, 0.15) is 49.2 Å². The second-order valence-corrected chi connectivity index (χ2v) is 6.48. The summed E-state index contributed by atoms with van der Waals surface area (Å²) in [6, 6.07) is 6.22. The van der Waals surface area contributed by atoms with Crippen LogP contribution in [0.5, 0.6) is 0 Å². The number of benzene rings is 1. The topological polar surface area (TPSA) is 66.9 Å². The number of anilines is 2. The molecule has 2 N–H and O–H groups in total. The Labute approximate surface area is 142 Å². The van der Waals surface area contributed by atoms with E-state index in [4.69, 9.17) is 0 Å². The Hall–Kier alpha value is -2.43. The van der Waals surface area contributed by atoms with Crippen LogP contribution in [-0.2, 0) is 24.1 Å². The molecule has 5 nitrogen and oxygen atoms in total. The van der Waals surface area contributed by atoms with Gasteiger partial charge in [-0.25, -0.2) is 4.98 Å². The summed E-state index contributed by atoms with van der Waals surface area (Å²) in [5.74, 6) is 1.61. The van der Waals surface area contributed by atoms with E-state index in [1.165, 1.54) is 5.56 Å². The van der Waals surface area contributed by atoms with Gasteiger partial charge in [0, 0.05) is 24.8 Å². The van der Waals surface area contributed by atoms with Crippen molar-refractivity contribution < 1.29 is 4.79 Å². The Kier molecular flexibility index (Phi) is 4.79. The molecule has 126 valence electrons. The molecule has 24 heavy (non-hydrogen) atoms. The Morgan fingerprint density at radius 2 is 2.12 bits per heavy atom. The summed E-state index contributed by atoms with van der Waals surface area (Å²) in [6.07, 6.45) is 4.38. The summed E-state index contributed by atoms with van der Waals surface area (Å²) in [6.45, 7) is 7.38. The van der Waals surface area contributed by atoms with Gasteiger partial charge in [-0.05, 0) is 29.5 Å². The largest absolute Gasteiger partial charge is 0.368 e. The fourth-order valence-corrected chi connectivity index (χ4v) is 2.84. The minimum absolute atomic E-state index is 0.107. The minimum Gasteiger partial charge on any atom is -0.368 e. The molecule has 0 spiro atoms. The van der Waals surface area contributed by atoms with Gasteiger partial charge in [0.2, 0.25) is 5.91 Å². The molecule has 1 aromatic carbocycles. The van der Waals surface area contributed by atoms with E-state index >= 15 is 0 Å². The van der Waals surface area contributed by atoms with Crippen molar-refractivity contribution in [2.75, 3.05) is 17.2 Å². The molecule has 0 fully saturated rings. The van der Waals surface area contributed by atoms with Crippen LogP contribution >= 0.6 is 0 Å². The molecular formula is C19H24N4O. The minimum atomic E-state index is 0.107. The number of hydrogen-bond acceptors (Lipinski definition) is 4. The lowest BCUT2D eigenvalue weighted by molar-refractivity contribution is -0.115. The van der Waals surface area contributed by atoms with Crippen molar-refractivity contribution in [3.8, 4) is 0 Å². The molecule has 0 bridgehead atoms. The number of amides is 1. The molecule has 4 rings (SSSR count). The van der Waals surface area contributed by atoms with E-state index in [0.717, 1.165) is 47.8 Å². The number of fused-ring (bicyclic) bond motifs is 2. The predicted octanol–water partition coefficient (Wildman–Crippen LogP) is 3.31. The van der Waals surface area contributed by atoms with Crippen LogP contribution in [-0.4, -0.2) is 22.4 Å². The number of carbonyl (C=O) groups is 1. The maximum absolute atomic E-state index is 11.1. The first-order valence-electron chi connectivity index (χ1n) is 8.58. The third kappa shape index (κ3) is 3.55. The third-order valence-electron chi connectivity index (χ3n) is 4.34. The zero-order valence-corrected chi connectivity index (χ0v) is 14.5. The predicted molar refractivity (Wildman–Crippen MR) is 96.5 cm³/mol. The highest BCUT2D eigenvalue weighted by Gasteiger charge is 2.17. The molecule has 3 heterocycles. The molecule has 2 aliphatic rings. The first-order valence-corrected chi connectivity index (χ1v) is 8.58. The average molecular weight is 324 g/mol. The van der Waals surface area contributed by atoms with Crippen molar-refractivity contribution in [1.82, 2.24) is 9.97 Å². The van der Waals surface area contributed by atoms with E-state index in [9.17, 15) is 4.79 Å². The average Bonchev–Trinajstić information content (AvgIpc) is 3.18. The monoisotopic (exact) mass is 324 g/mol. The van der Waals surface area contributed by atoms with Crippen LogP contribution in [0.25, 0.3) is 0 Å². The van der Waals surface area contributed by atoms with Crippen LogP contribution in [0.2, 0.25) is 0 Å². The van der Waals surface area contributed by atoms with Gasteiger partial charge >= 0.3 is 0 Å². The number of aromatic nitrogens is 2. The maximum Gasteiger partial charge on any atom is 0.228 e. The normalized spacial score (nSPS) is 14.4. The lowest BCUT2D eigenvalue weighted by Crippen LogP contribution is -2.03. The van der Waals surface area contributed by atoms with Crippen LogP contribution in [0.15, 0.2) is 24.4 Å².